The number of rotatable bonds is 5. The van der Waals surface area contributed by atoms with Crippen LogP contribution in [0, 0.1) is 13.8 Å². The minimum absolute atomic E-state index is 0.157. The van der Waals surface area contributed by atoms with Gasteiger partial charge in [-0.15, -0.1) is 0 Å². The topological polar surface area (TPSA) is 52.6 Å². The fourth-order valence-corrected chi connectivity index (χ4v) is 2.38. The average molecular weight is 312 g/mol. The molecule has 2 N–H and O–H groups in total. The maximum absolute atomic E-state index is 12.3. The van der Waals surface area contributed by atoms with Crippen LogP contribution in [-0.4, -0.2) is 31.7 Å². The van der Waals surface area contributed by atoms with Gasteiger partial charge in [-0.1, -0.05) is 29.8 Å². The van der Waals surface area contributed by atoms with Crippen molar-refractivity contribution < 1.29 is 9.90 Å². The Kier molecular flexibility index (Phi) is 5.40. The Hall–Kier alpha value is -2.33. The molecule has 0 bridgehead atoms. The molecule has 0 spiro atoms. The maximum atomic E-state index is 12.3. The lowest BCUT2D eigenvalue weighted by atomic mass is 10.0. The van der Waals surface area contributed by atoms with E-state index in [2.05, 4.69) is 5.32 Å². The lowest BCUT2D eigenvalue weighted by molar-refractivity contribution is 0.0915. The van der Waals surface area contributed by atoms with Gasteiger partial charge < -0.3 is 15.3 Å². The molecule has 0 aromatic heterocycles. The van der Waals surface area contributed by atoms with Crippen LogP contribution in [-0.2, 0) is 0 Å². The number of aliphatic hydroxyl groups is 1. The van der Waals surface area contributed by atoms with Gasteiger partial charge in [0.25, 0.3) is 5.91 Å². The largest absolute Gasteiger partial charge is 0.387 e. The smallest absolute Gasteiger partial charge is 0.251 e. The zero-order chi connectivity index (χ0) is 17.0. The van der Waals surface area contributed by atoms with Crippen molar-refractivity contribution in [2.75, 3.05) is 25.5 Å². The predicted octanol–water partition coefficient (Wildman–Crippen LogP) is 2.83. The van der Waals surface area contributed by atoms with E-state index in [0.717, 1.165) is 22.4 Å². The highest BCUT2D eigenvalue weighted by molar-refractivity contribution is 5.95. The molecule has 0 saturated carbocycles. The number of carbonyl (C=O) groups is 1. The van der Waals surface area contributed by atoms with Crippen LogP contribution in [0.3, 0.4) is 0 Å². The normalized spacial score (nSPS) is 11.9. The van der Waals surface area contributed by atoms with E-state index in [-0.39, 0.29) is 12.5 Å². The molecular formula is C19H24N2O2. The van der Waals surface area contributed by atoms with Crippen molar-refractivity contribution >= 4 is 11.6 Å². The van der Waals surface area contributed by atoms with Crippen LogP contribution in [0.5, 0.6) is 0 Å². The molecule has 0 saturated heterocycles. The van der Waals surface area contributed by atoms with Crippen LogP contribution < -0.4 is 10.2 Å². The van der Waals surface area contributed by atoms with Gasteiger partial charge in [-0.2, -0.15) is 0 Å². The molecule has 23 heavy (non-hydrogen) atoms. The molecule has 2 aromatic rings. The molecule has 1 atom stereocenters. The van der Waals surface area contributed by atoms with E-state index in [0.29, 0.717) is 5.56 Å². The quantitative estimate of drug-likeness (QED) is 0.892. The monoisotopic (exact) mass is 312 g/mol. The molecule has 1 amide bonds. The van der Waals surface area contributed by atoms with E-state index >= 15 is 0 Å². The van der Waals surface area contributed by atoms with Crippen molar-refractivity contribution in [1.29, 1.82) is 0 Å². The first-order valence-corrected chi connectivity index (χ1v) is 7.69. The molecular weight excluding hydrogens is 288 g/mol. The summed E-state index contributed by atoms with van der Waals surface area (Å²) >= 11 is 0. The summed E-state index contributed by atoms with van der Waals surface area (Å²) in [5.74, 6) is -0.157. The van der Waals surface area contributed by atoms with Gasteiger partial charge in [0.2, 0.25) is 0 Å². The number of nitrogens with zero attached hydrogens (tertiary/aromatic N) is 1. The molecule has 0 heterocycles. The second-order valence-corrected chi connectivity index (χ2v) is 6.03. The number of nitrogens with one attached hydrogen (secondary N) is 1. The number of anilines is 1. The highest BCUT2D eigenvalue weighted by atomic mass is 16.3. The Morgan fingerprint density at radius 1 is 1.13 bits per heavy atom. The molecule has 2 aromatic carbocycles. The van der Waals surface area contributed by atoms with Crippen LogP contribution in [0.4, 0.5) is 5.69 Å². The van der Waals surface area contributed by atoms with Gasteiger partial charge in [0.15, 0.2) is 0 Å². The maximum Gasteiger partial charge on any atom is 0.251 e. The van der Waals surface area contributed by atoms with E-state index in [1.807, 2.05) is 75.3 Å². The zero-order valence-corrected chi connectivity index (χ0v) is 14.1. The van der Waals surface area contributed by atoms with Gasteiger partial charge >= 0.3 is 0 Å². The fraction of sp³-hybridized carbons (Fsp3) is 0.316. The Morgan fingerprint density at radius 2 is 1.78 bits per heavy atom. The third kappa shape index (κ3) is 4.33. The summed E-state index contributed by atoms with van der Waals surface area (Å²) in [6.07, 6.45) is -0.722. The van der Waals surface area contributed by atoms with Crippen LogP contribution in [0.25, 0.3) is 0 Å². The SMILES string of the molecule is Cc1ccc(C)c(C(=O)NCC(O)c2ccc(N(C)C)cc2)c1. The van der Waals surface area contributed by atoms with Crippen molar-refractivity contribution in [1.82, 2.24) is 5.32 Å². The zero-order valence-electron chi connectivity index (χ0n) is 14.1. The molecule has 0 radical (unpaired) electrons. The van der Waals surface area contributed by atoms with Crippen molar-refractivity contribution in [2.45, 2.75) is 20.0 Å². The van der Waals surface area contributed by atoms with E-state index in [9.17, 15) is 9.90 Å². The third-order valence-corrected chi connectivity index (χ3v) is 3.89. The van der Waals surface area contributed by atoms with Gasteiger partial charge in [0.05, 0.1) is 6.10 Å². The minimum Gasteiger partial charge on any atom is -0.387 e. The molecule has 0 aliphatic rings. The highest BCUT2D eigenvalue weighted by Gasteiger charge is 2.13. The van der Waals surface area contributed by atoms with E-state index in [1.54, 1.807) is 0 Å². The van der Waals surface area contributed by atoms with Gasteiger partial charge in [-0.3, -0.25) is 4.79 Å². The summed E-state index contributed by atoms with van der Waals surface area (Å²) in [5, 5.41) is 13.0. The predicted molar refractivity (Wildman–Crippen MR) is 94.0 cm³/mol. The van der Waals surface area contributed by atoms with Crippen LogP contribution in [0.2, 0.25) is 0 Å². The van der Waals surface area contributed by atoms with Crippen LogP contribution in [0.15, 0.2) is 42.5 Å². The standard InChI is InChI=1S/C19H24N2O2/c1-13-5-6-14(2)17(11-13)19(23)20-12-18(22)15-7-9-16(10-8-15)21(3)4/h5-11,18,22H,12H2,1-4H3,(H,20,23). The van der Waals surface area contributed by atoms with Crippen molar-refractivity contribution in [3.63, 3.8) is 0 Å². The Labute approximate surface area is 137 Å². The van der Waals surface area contributed by atoms with Crippen LogP contribution in [0.1, 0.15) is 33.2 Å². The first-order valence-electron chi connectivity index (χ1n) is 7.69. The van der Waals surface area contributed by atoms with Gasteiger partial charge in [-0.25, -0.2) is 0 Å². The summed E-state index contributed by atoms with van der Waals surface area (Å²) in [5.41, 5.74) is 4.48. The molecule has 4 nitrogen and oxygen atoms in total. The number of aryl methyl sites for hydroxylation is 2. The molecule has 122 valence electrons. The van der Waals surface area contributed by atoms with Gasteiger partial charge in [0, 0.05) is 31.9 Å². The molecule has 4 heteroatoms. The fourth-order valence-electron chi connectivity index (χ4n) is 2.38. The molecule has 0 aliphatic heterocycles. The van der Waals surface area contributed by atoms with Crippen molar-refractivity contribution in [3.05, 3.63) is 64.7 Å². The third-order valence-electron chi connectivity index (χ3n) is 3.89. The van der Waals surface area contributed by atoms with E-state index in [4.69, 9.17) is 0 Å². The van der Waals surface area contributed by atoms with E-state index in [1.165, 1.54) is 0 Å². The van der Waals surface area contributed by atoms with E-state index < -0.39 is 6.10 Å². The van der Waals surface area contributed by atoms with Crippen molar-refractivity contribution in [3.8, 4) is 0 Å². The second kappa shape index (κ2) is 7.29. The lowest BCUT2D eigenvalue weighted by Crippen LogP contribution is -2.29. The van der Waals surface area contributed by atoms with Gasteiger partial charge in [-0.05, 0) is 43.2 Å². The number of benzene rings is 2. The van der Waals surface area contributed by atoms with Crippen LogP contribution >= 0.6 is 0 Å². The molecule has 2 rings (SSSR count). The average Bonchev–Trinajstić information content (AvgIpc) is 2.54. The lowest BCUT2D eigenvalue weighted by Gasteiger charge is -2.16. The number of hydrogen-bond acceptors (Lipinski definition) is 3. The summed E-state index contributed by atoms with van der Waals surface area (Å²) in [7, 11) is 3.94. The summed E-state index contributed by atoms with van der Waals surface area (Å²) in [6, 6.07) is 13.4. The number of carbonyl (C=O) groups excluding carboxylic acids is 1. The summed E-state index contributed by atoms with van der Waals surface area (Å²) < 4.78 is 0. The van der Waals surface area contributed by atoms with Gasteiger partial charge in [0.1, 0.15) is 0 Å². The highest BCUT2D eigenvalue weighted by Crippen LogP contribution is 2.18. The Morgan fingerprint density at radius 3 is 2.39 bits per heavy atom. The Balaban J connectivity index is 1.99. The first kappa shape index (κ1) is 17.0. The number of amides is 1. The number of hydrogen-bond donors (Lipinski definition) is 2. The second-order valence-electron chi connectivity index (χ2n) is 6.03. The number of aliphatic hydroxyl groups excluding tert-OH is 1. The Bertz CT molecular complexity index is 678. The molecule has 0 fully saturated rings. The first-order chi connectivity index (χ1) is 10.9. The molecule has 1 unspecified atom stereocenters. The summed E-state index contributed by atoms with van der Waals surface area (Å²) in [6.45, 7) is 4.05. The van der Waals surface area contributed by atoms with Crippen molar-refractivity contribution in [2.24, 2.45) is 0 Å². The minimum atomic E-state index is -0.722. The summed E-state index contributed by atoms with van der Waals surface area (Å²) in [4.78, 5) is 14.3. The molecule has 0 aliphatic carbocycles.